The number of hydrogen-bond acceptors (Lipinski definition) is 2. The van der Waals surface area contributed by atoms with Crippen molar-refractivity contribution in [3.05, 3.63) is 35.4 Å². The Labute approximate surface area is 88.0 Å². The van der Waals surface area contributed by atoms with Crippen molar-refractivity contribution in [2.75, 3.05) is 6.61 Å². The number of benzene rings is 1. The van der Waals surface area contributed by atoms with E-state index in [1.54, 1.807) is 6.08 Å². The summed E-state index contributed by atoms with van der Waals surface area (Å²) in [5.41, 5.74) is 2.14. The fraction of sp³-hybridized carbons (Fsp3) is 0.250. The van der Waals surface area contributed by atoms with Crippen molar-refractivity contribution in [2.45, 2.75) is 13.3 Å². The van der Waals surface area contributed by atoms with Gasteiger partial charge >= 0.3 is 5.97 Å². The first-order chi connectivity index (χ1) is 7.22. The number of hydrogen-bond donors (Lipinski definition) is 1. The number of rotatable bonds is 2. The fourth-order valence-corrected chi connectivity index (χ4v) is 1.66. The van der Waals surface area contributed by atoms with E-state index in [0.717, 1.165) is 12.0 Å². The molecule has 0 amide bonds. The topological polar surface area (TPSA) is 46.5 Å². The zero-order valence-electron chi connectivity index (χ0n) is 8.49. The van der Waals surface area contributed by atoms with Gasteiger partial charge in [0, 0.05) is 5.56 Å². The molecule has 1 aromatic rings. The molecule has 0 unspecified atom stereocenters. The van der Waals surface area contributed by atoms with E-state index in [-0.39, 0.29) is 0 Å². The highest BCUT2D eigenvalue weighted by molar-refractivity contribution is 6.16. The Morgan fingerprint density at radius 3 is 3.00 bits per heavy atom. The summed E-state index contributed by atoms with van der Waals surface area (Å²) in [6, 6.07) is 5.68. The van der Waals surface area contributed by atoms with Crippen molar-refractivity contribution in [2.24, 2.45) is 0 Å². The second-order valence-electron chi connectivity index (χ2n) is 3.42. The van der Waals surface area contributed by atoms with Crippen LogP contribution in [0.3, 0.4) is 0 Å². The molecule has 1 N–H and O–H groups in total. The van der Waals surface area contributed by atoms with Crippen molar-refractivity contribution in [3.63, 3.8) is 0 Å². The van der Waals surface area contributed by atoms with E-state index in [4.69, 9.17) is 9.84 Å². The van der Waals surface area contributed by atoms with Crippen molar-refractivity contribution in [1.82, 2.24) is 0 Å². The van der Waals surface area contributed by atoms with Gasteiger partial charge in [-0.25, -0.2) is 4.79 Å². The molecule has 0 bridgehead atoms. The molecule has 0 spiro atoms. The van der Waals surface area contributed by atoms with Gasteiger partial charge in [-0.1, -0.05) is 13.0 Å². The standard InChI is InChI=1S/C12H12O3/c1-2-8-3-4-11-10(7-8)9(12(13)14)5-6-15-11/h3-5,7H,2,6H2,1H3,(H,13,14). The number of ether oxygens (including phenoxy) is 1. The first-order valence-electron chi connectivity index (χ1n) is 4.92. The van der Waals surface area contributed by atoms with Gasteiger partial charge in [-0.05, 0) is 30.2 Å². The highest BCUT2D eigenvalue weighted by atomic mass is 16.5. The molecule has 0 fully saturated rings. The van der Waals surface area contributed by atoms with Crippen LogP contribution >= 0.6 is 0 Å². The van der Waals surface area contributed by atoms with Crippen LogP contribution in [0.1, 0.15) is 18.1 Å². The Kier molecular flexibility index (Phi) is 2.46. The summed E-state index contributed by atoms with van der Waals surface area (Å²) in [5, 5.41) is 9.02. The maximum atomic E-state index is 11.0. The predicted molar refractivity (Wildman–Crippen MR) is 56.9 cm³/mol. The van der Waals surface area contributed by atoms with E-state index < -0.39 is 5.97 Å². The summed E-state index contributed by atoms with van der Waals surface area (Å²) < 4.78 is 5.36. The van der Waals surface area contributed by atoms with Gasteiger partial charge in [0.05, 0.1) is 5.57 Å². The Bertz CT molecular complexity index is 432. The first kappa shape index (κ1) is 9.77. The molecule has 0 radical (unpaired) electrons. The molecule has 0 aliphatic carbocycles. The van der Waals surface area contributed by atoms with Crippen LogP contribution in [0.2, 0.25) is 0 Å². The number of aryl methyl sites for hydroxylation is 1. The lowest BCUT2D eigenvalue weighted by atomic mass is 9.99. The van der Waals surface area contributed by atoms with Crippen LogP contribution in [0, 0.1) is 0 Å². The first-order valence-corrected chi connectivity index (χ1v) is 4.92. The summed E-state index contributed by atoms with van der Waals surface area (Å²) in [6.07, 6.45) is 2.49. The molecule has 1 aromatic carbocycles. The Morgan fingerprint density at radius 2 is 2.33 bits per heavy atom. The summed E-state index contributed by atoms with van der Waals surface area (Å²) in [4.78, 5) is 11.0. The van der Waals surface area contributed by atoms with Gasteiger partial charge in [-0.3, -0.25) is 0 Å². The Morgan fingerprint density at radius 1 is 1.53 bits per heavy atom. The lowest BCUT2D eigenvalue weighted by Gasteiger charge is -2.16. The smallest absolute Gasteiger partial charge is 0.336 e. The molecule has 15 heavy (non-hydrogen) atoms. The average Bonchev–Trinajstić information content (AvgIpc) is 2.27. The molecule has 1 aliphatic rings. The van der Waals surface area contributed by atoms with Gasteiger partial charge in [-0.2, -0.15) is 0 Å². The average molecular weight is 204 g/mol. The maximum absolute atomic E-state index is 11.0. The van der Waals surface area contributed by atoms with E-state index in [2.05, 4.69) is 0 Å². The van der Waals surface area contributed by atoms with Crippen LogP contribution in [-0.4, -0.2) is 17.7 Å². The normalized spacial score (nSPS) is 13.8. The fourth-order valence-electron chi connectivity index (χ4n) is 1.66. The van der Waals surface area contributed by atoms with Gasteiger partial charge in [0.15, 0.2) is 0 Å². The Balaban J connectivity index is 2.52. The van der Waals surface area contributed by atoms with Gasteiger partial charge < -0.3 is 9.84 Å². The van der Waals surface area contributed by atoms with Gasteiger partial charge in [0.25, 0.3) is 0 Å². The maximum Gasteiger partial charge on any atom is 0.336 e. The molecule has 3 nitrogen and oxygen atoms in total. The molecule has 78 valence electrons. The summed E-state index contributed by atoms with van der Waals surface area (Å²) in [7, 11) is 0. The van der Waals surface area contributed by atoms with Crippen LogP contribution in [0.25, 0.3) is 5.57 Å². The monoisotopic (exact) mass is 204 g/mol. The quantitative estimate of drug-likeness (QED) is 0.802. The number of carboxylic acids is 1. The number of aliphatic carboxylic acids is 1. The molecule has 0 saturated carbocycles. The molecule has 0 atom stereocenters. The van der Waals surface area contributed by atoms with Crippen molar-refractivity contribution < 1.29 is 14.6 Å². The Hall–Kier alpha value is -1.77. The molecule has 0 saturated heterocycles. The van der Waals surface area contributed by atoms with Gasteiger partial charge in [0.1, 0.15) is 12.4 Å². The van der Waals surface area contributed by atoms with E-state index >= 15 is 0 Å². The molecule has 0 aromatic heterocycles. The van der Waals surface area contributed by atoms with E-state index in [0.29, 0.717) is 23.5 Å². The van der Waals surface area contributed by atoms with Crippen molar-refractivity contribution in [1.29, 1.82) is 0 Å². The van der Waals surface area contributed by atoms with Crippen LogP contribution in [0.4, 0.5) is 0 Å². The van der Waals surface area contributed by atoms with Gasteiger partial charge in [-0.15, -0.1) is 0 Å². The van der Waals surface area contributed by atoms with Crippen LogP contribution < -0.4 is 4.74 Å². The third-order valence-electron chi connectivity index (χ3n) is 2.50. The number of carboxylic acid groups (broad SMARTS) is 1. The van der Waals surface area contributed by atoms with Crippen LogP contribution in [0.15, 0.2) is 24.3 Å². The highest BCUT2D eigenvalue weighted by Gasteiger charge is 2.19. The lowest BCUT2D eigenvalue weighted by molar-refractivity contribution is -0.130. The second kappa shape index (κ2) is 3.77. The number of fused-ring (bicyclic) bond motifs is 1. The second-order valence-corrected chi connectivity index (χ2v) is 3.42. The third-order valence-corrected chi connectivity index (χ3v) is 2.50. The third kappa shape index (κ3) is 1.73. The van der Waals surface area contributed by atoms with E-state index in [1.807, 2.05) is 25.1 Å². The molecule has 2 rings (SSSR count). The zero-order chi connectivity index (χ0) is 10.8. The molecule has 3 heteroatoms. The van der Waals surface area contributed by atoms with Crippen LogP contribution in [-0.2, 0) is 11.2 Å². The molecular weight excluding hydrogens is 192 g/mol. The number of carbonyl (C=O) groups is 1. The predicted octanol–water partition coefficient (Wildman–Crippen LogP) is 2.11. The molecule has 1 aliphatic heterocycles. The summed E-state index contributed by atoms with van der Waals surface area (Å²) >= 11 is 0. The minimum Gasteiger partial charge on any atom is -0.489 e. The van der Waals surface area contributed by atoms with Crippen molar-refractivity contribution >= 4 is 11.5 Å². The van der Waals surface area contributed by atoms with E-state index in [9.17, 15) is 4.79 Å². The van der Waals surface area contributed by atoms with E-state index in [1.165, 1.54) is 0 Å². The zero-order valence-corrected chi connectivity index (χ0v) is 8.49. The van der Waals surface area contributed by atoms with Crippen LogP contribution in [0.5, 0.6) is 5.75 Å². The molecular formula is C12H12O3. The largest absolute Gasteiger partial charge is 0.489 e. The minimum atomic E-state index is -0.896. The SMILES string of the molecule is CCc1ccc2c(c1)C(C(=O)O)=CCO2. The lowest BCUT2D eigenvalue weighted by Crippen LogP contribution is -2.10. The van der Waals surface area contributed by atoms with Crippen molar-refractivity contribution in [3.8, 4) is 5.75 Å². The highest BCUT2D eigenvalue weighted by Crippen LogP contribution is 2.30. The van der Waals surface area contributed by atoms with Gasteiger partial charge in [0.2, 0.25) is 0 Å². The minimum absolute atomic E-state index is 0.333. The molecule has 1 heterocycles. The summed E-state index contributed by atoms with van der Waals surface area (Å²) in [6.45, 7) is 2.37. The summed E-state index contributed by atoms with van der Waals surface area (Å²) in [5.74, 6) is -0.236.